The standard InChI is InChI=1S/C16H27NO/c1-13(2)9-14-5-7-15(8-6-14)10-17-11-16(3,4)12-18/h5-8,13,17-18H,9-12H2,1-4H3. The van der Waals surface area contributed by atoms with Gasteiger partial charge in [-0.25, -0.2) is 0 Å². The third kappa shape index (κ3) is 5.65. The van der Waals surface area contributed by atoms with E-state index in [1.165, 1.54) is 11.1 Å². The molecule has 1 aromatic carbocycles. The molecule has 0 atom stereocenters. The average Bonchev–Trinajstić information content (AvgIpc) is 2.30. The number of nitrogens with one attached hydrogen (secondary N) is 1. The molecule has 0 radical (unpaired) electrons. The molecule has 2 heteroatoms. The van der Waals surface area contributed by atoms with Crippen LogP contribution in [0.15, 0.2) is 24.3 Å². The highest BCUT2D eigenvalue weighted by Crippen LogP contribution is 2.13. The number of hydrogen-bond acceptors (Lipinski definition) is 2. The zero-order valence-electron chi connectivity index (χ0n) is 12.2. The fourth-order valence-electron chi connectivity index (χ4n) is 1.87. The first kappa shape index (κ1) is 15.2. The van der Waals surface area contributed by atoms with Gasteiger partial charge in [0.1, 0.15) is 0 Å². The van der Waals surface area contributed by atoms with Crippen molar-refractivity contribution in [2.24, 2.45) is 11.3 Å². The molecule has 0 fully saturated rings. The van der Waals surface area contributed by atoms with E-state index in [4.69, 9.17) is 0 Å². The second kappa shape index (κ2) is 6.91. The first-order valence-electron chi connectivity index (χ1n) is 6.82. The molecule has 0 bridgehead atoms. The normalized spacial score (nSPS) is 12.1. The molecule has 0 aliphatic heterocycles. The molecule has 0 spiro atoms. The molecule has 0 aliphatic carbocycles. The lowest BCUT2D eigenvalue weighted by molar-refractivity contribution is 0.156. The van der Waals surface area contributed by atoms with Crippen LogP contribution in [0.1, 0.15) is 38.8 Å². The summed E-state index contributed by atoms with van der Waals surface area (Å²) in [5.41, 5.74) is 2.66. The summed E-state index contributed by atoms with van der Waals surface area (Å²) in [6, 6.07) is 8.82. The summed E-state index contributed by atoms with van der Waals surface area (Å²) in [6.07, 6.45) is 1.14. The second-order valence-electron chi connectivity index (χ2n) is 6.34. The van der Waals surface area contributed by atoms with Crippen LogP contribution in [0.5, 0.6) is 0 Å². The molecule has 0 saturated carbocycles. The van der Waals surface area contributed by atoms with Crippen LogP contribution in [-0.2, 0) is 13.0 Å². The van der Waals surface area contributed by atoms with Gasteiger partial charge in [-0.05, 0) is 23.5 Å². The van der Waals surface area contributed by atoms with Gasteiger partial charge in [0.05, 0.1) is 0 Å². The lowest BCUT2D eigenvalue weighted by Gasteiger charge is -2.22. The van der Waals surface area contributed by atoms with Crippen LogP contribution in [-0.4, -0.2) is 18.3 Å². The van der Waals surface area contributed by atoms with Gasteiger partial charge in [0.2, 0.25) is 0 Å². The number of hydrogen-bond donors (Lipinski definition) is 2. The van der Waals surface area contributed by atoms with Gasteiger partial charge in [0.25, 0.3) is 0 Å². The van der Waals surface area contributed by atoms with Crippen LogP contribution in [0.3, 0.4) is 0 Å². The Labute approximate surface area is 111 Å². The van der Waals surface area contributed by atoms with E-state index in [-0.39, 0.29) is 12.0 Å². The fraction of sp³-hybridized carbons (Fsp3) is 0.625. The van der Waals surface area contributed by atoms with Crippen molar-refractivity contribution in [1.82, 2.24) is 5.32 Å². The minimum atomic E-state index is -0.0441. The summed E-state index contributed by atoms with van der Waals surface area (Å²) < 4.78 is 0. The Morgan fingerprint density at radius 3 is 2.17 bits per heavy atom. The van der Waals surface area contributed by atoms with E-state index in [0.717, 1.165) is 19.5 Å². The first-order chi connectivity index (χ1) is 8.43. The molecule has 0 saturated heterocycles. The topological polar surface area (TPSA) is 32.3 Å². The lowest BCUT2D eigenvalue weighted by atomic mass is 9.95. The smallest absolute Gasteiger partial charge is 0.0494 e. The van der Waals surface area contributed by atoms with Crippen molar-refractivity contribution >= 4 is 0 Å². The van der Waals surface area contributed by atoms with Crippen LogP contribution in [0.25, 0.3) is 0 Å². The van der Waals surface area contributed by atoms with E-state index in [1.807, 2.05) is 0 Å². The van der Waals surface area contributed by atoms with Crippen molar-refractivity contribution in [3.8, 4) is 0 Å². The molecule has 2 N–H and O–H groups in total. The molecule has 1 aromatic rings. The summed E-state index contributed by atoms with van der Waals surface area (Å²) >= 11 is 0. The Morgan fingerprint density at radius 1 is 1.11 bits per heavy atom. The van der Waals surface area contributed by atoms with E-state index in [0.29, 0.717) is 5.92 Å². The minimum absolute atomic E-state index is 0.0441. The maximum atomic E-state index is 9.17. The van der Waals surface area contributed by atoms with Gasteiger partial charge in [0.15, 0.2) is 0 Å². The van der Waals surface area contributed by atoms with Crippen molar-refractivity contribution < 1.29 is 5.11 Å². The molecule has 0 heterocycles. The van der Waals surface area contributed by atoms with Crippen molar-refractivity contribution in [2.45, 2.75) is 40.7 Å². The highest BCUT2D eigenvalue weighted by atomic mass is 16.3. The molecule has 18 heavy (non-hydrogen) atoms. The Kier molecular flexibility index (Phi) is 5.83. The molecule has 0 aromatic heterocycles. The maximum Gasteiger partial charge on any atom is 0.0494 e. The van der Waals surface area contributed by atoms with Crippen LogP contribution in [0.2, 0.25) is 0 Å². The fourth-order valence-corrected chi connectivity index (χ4v) is 1.87. The van der Waals surface area contributed by atoms with Gasteiger partial charge in [-0.3, -0.25) is 0 Å². The summed E-state index contributed by atoms with van der Waals surface area (Å²) in [5, 5.41) is 12.6. The third-order valence-electron chi connectivity index (χ3n) is 3.03. The summed E-state index contributed by atoms with van der Waals surface area (Å²) in [7, 11) is 0. The zero-order valence-corrected chi connectivity index (χ0v) is 12.2. The Bertz CT molecular complexity index is 341. The van der Waals surface area contributed by atoms with E-state index >= 15 is 0 Å². The number of benzene rings is 1. The summed E-state index contributed by atoms with van der Waals surface area (Å²) in [6.45, 7) is 10.5. The third-order valence-corrected chi connectivity index (χ3v) is 3.03. The molecule has 2 nitrogen and oxygen atoms in total. The van der Waals surface area contributed by atoms with Crippen molar-refractivity contribution in [1.29, 1.82) is 0 Å². The van der Waals surface area contributed by atoms with Crippen molar-refractivity contribution in [3.63, 3.8) is 0 Å². The quantitative estimate of drug-likeness (QED) is 0.778. The van der Waals surface area contributed by atoms with Crippen molar-refractivity contribution in [2.75, 3.05) is 13.2 Å². The Balaban J connectivity index is 2.40. The molecule has 0 unspecified atom stereocenters. The summed E-state index contributed by atoms with van der Waals surface area (Å²) in [5.74, 6) is 0.708. The Hall–Kier alpha value is -0.860. The molecule has 102 valence electrons. The van der Waals surface area contributed by atoms with Crippen LogP contribution in [0, 0.1) is 11.3 Å². The average molecular weight is 249 g/mol. The Morgan fingerprint density at radius 2 is 1.67 bits per heavy atom. The number of aliphatic hydroxyl groups excluding tert-OH is 1. The van der Waals surface area contributed by atoms with Crippen LogP contribution in [0.4, 0.5) is 0 Å². The minimum Gasteiger partial charge on any atom is -0.396 e. The van der Waals surface area contributed by atoms with E-state index in [1.54, 1.807) is 0 Å². The first-order valence-corrected chi connectivity index (χ1v) is 6.82. The number of aliphatic hydroxyl groups is 1. The van der Waals surface area contributed by atoms with Gasteiger partial charge >= 0.3 is 0 Å². The van der Waals surface area contributed by atoms with Gasteiger partial charge < -0.3 is 10.4 Å². The second-order valence-corrected chi connectivity index (χ2v) is 6.34. The monoisotopic (exact) mass is 249 g/mol. The summed E-state index contributed by atoms with van der Waals surface area (Å²) in [4.78, 5) is 0. The van der Waals surface area contributed by atoms with E-state index in [2.05, 4.69) is 57.3 Å². The predicted molar refractivity (Wildman–Crippen MR) is 77.6 cm³/mol. The highest BCUT2D eigenvalue weighted by Gasteiger charge is 2.15. The molecular formula is C16H27NO. The van der Waals surface area contributed by atoms with Gasteiger partial charge in [-0.15, -0.1) is 0 Å². The van der Waals surface area contributed by atoms with E-state index < -0.39 is 0 Å². The molecule has 0 aliphatic rings. The number of rotatable bonds is 7. The predicted octanol–water partition coefficient (Wildman–Crippen LogP) is 2.99. The zero-order chi connectivity index (χ0) is 13.6. The van der Waals surface area contributed by atoms with Gasteiger partial charge in [-0.1, -0.05) is 52.0 Å². The molecule has 1 rings (SSSR count). The molecule has 0 amide bonds. The van der Waals surface area contributed by atoms with Gasteiger partial charge in [0, 0.05) is 25.1 Å². The van der Waals surface area contributed by atoms with E-state index in [9.17, 15) is 5.11 Å². The van der Waals surface area contributed by atoms with Crippen LogP contribution < -0.4 is 5.32 Å². The highest BCUT2D eigenvalue weighted by molar-refractivity contribution is 5.22. The molecular weight excluding hydrogens is 222 g/mol. The van der Waals surface area contributed by atoms with Crippen LogP contribution >= 0.6 is 0 Å². The van der Waals surface area contributed by atoms with Crippen molar-refractivity contribution in [3.05, 3.63) is 35.4 Å². The SMILES string of the molecule is CC(C)Cc1ccc(CNCC(C)(C)CO)cc1. The largest absolute Gasteiger partial charge is 0.396 e. The lowest BCUT2D eigenvalue weighted by Crippen LogP contribution is -2.31. The maximum absolute atomic E-state index is 9.17. The van der Waals surface area contributed by atoms with Gasteiger partial charge in [-0.2, -0.15) is 0 Å².